The zero-order chi connectivity index (χ0) is 11.8. The van der Waals surface area contributed by atoms with Crippen LogP contribution >= 0.6 is 15.9 Å². The number of carbonyl (C=O) groups is 1. The minimum Gasteiger partial charge on any atom is -0.354 e. The second-order valence-corrected chi connectivity index (χ2v) is 5.37. The maximum Gasteiger partial charge on any atom is 0.225 e. The van der Waals surface area contributed by atoms with Gasteiger partial charge in [0.25, 0.3) is 0 Å². The number of piperidine rings is 1. The maximum atomic E-state index is 11.7. The van der Waals surface area contributed by atoms with Gasteiger partial charge in [-0.15, -0.1) is 0 Å². The Morgan fingerprint density at radius 1 is 1.41 bits per heavy atom. The van der Waals surface area contributed by atoms with Crippen molar-refractivity contribution in [1.29, 1.82) is 0 Å². The third kappa shape index (κ3) is 1.90. The van der Waals surface area contributed by atoms with Crippen molar-refractivity contribution < 1.29 is 4.79 Å². The van der Waals surface area contributed by atoms with Crippen LogP contribution in [0.25, 0.3) is 0 Å². The molecule has 2 unspecified atom stereocenters. The first kappa shape index (κ1) is 11.0. The summed E-state index contributed by atoms with van der Waals surface area (Å²) in [5, 5.41) is 2.93. The predicted molar refractivity (Wildman–Crippen MR) is 66.6 cm³/mol. The molecule has 6 heteroatoms. The van der Waals surface area contributed by atoms with E-state index in [9.17, 15) is 4.79 Å². The fraction of sp³-hybridized carbons (Fsp3) is 0.545. The fourth-order valence-corrected chi connectivity index (χ4v) is 2.86. The SMILES string of the molecule is O=C1NCC2C1CCCN2c1ncc(Br)cn1. The van der Waals surface area contributed by atoms with E-state index in [1.807, 2.05) is 0 Å². The summed E-state index contributed by atoms with van der Waals surface area (Å²) in [6.07, 6.45) is 5.49. The summed E-state index contributed by atoms with van der Waals surface area (Å²) < 4.78 is 0.871. The molecule has 1 aromatic heterocycles. The first-order chi connectivity index (χ1) is 8.25. The van der Waals surface area contributed by atoms with Gasteiger partial charge in [0.2, 0.25) is 11.9 Å². The molecule has 1 N–H and O–H groups in total. The van der Waals surface area contributed by atoms with E-state index in [1.54, 1.807) is 12.4 Å². The van der Waals surface area contributed by atoms with E-state index in [0.29, 0.717) is 6.54 Å². The zero-order valence-electron chi connectivity index (χ0n) is 9.27. The molecule has 0 radical (unpaired) electrons. The molecule has 0 spiro atoms. The first-order valence-electron chi connectivity index (χ1n) is 5.77. The second-order valence-electron chi connectivity index (χ2n) is 4.46. The number of nitrogens with zero attached hydrogens (tertiary/aromatic N) is 3. The largest absolute Gasteiger partial charge is 0.354 e. The number of hydrogen-bond acceptors (Lipinski definition) is 4. The van der Waals surface area contributed by atoms with Gasteiger partial charge in [-0.1, -0.05) is 0 Å². The van der Waals surface area contributed by atoms with Gasteiger partial charge in [0.05, 0.1) is 16.4 Å². The Labute approximate surface area is 108 Å². The topological polar surface area (TPSA) is 58.1 Å². The van der Waals surface area contributed by atoms with Crippen LogP contribution in [-0.2, 0) is 4.79 Å². The summed E-state index contributed by atoms with van der Waals surface area (Å²) in [6, 6.07) is 0.220. The van der Waals surface area contributed by atoms with Crippen molar-refractivity contribution in [3.05, 3.63) is 16.9 Å². The van der Waals surface area contributed by atoms with Gasteiger partial charge in [-0.2, -0.15) is 0 Å². The molecule has 17 heavy (non-hydrogen) atoms. The third-order valence-corrected chi connectivity index (χ3v) is 3.87. The average molecular weight is 297 g/mol. The molecule has 2 aliphatic heterocycles. The molecule has 0 bridgehead atoms. The summed E-state index contributed by atoms with van der Waals surface area (Å²) in [5.41, 5.74) is 0. The van der Waals surface area contributed by atoms with E-state index in [0.717, 1.165) is 29.8 Å². The summed E-state index contributed by atoms with van der Waals surface area (Å²) in [5.74, 6) is 1.01. The number of aromatic nitrogens is 2. The van der Waals surface area contributed by atoms with Crippen LogP contribution in [0.15, 0.2) is 16.9 Å². The number of rotatable bonds is 1. The molecule has 2 aliphatic rings. The molecule has 5 nitrogen and oxygen atoms in total. The van der Waals surface area contributed by atoms with E-state index in [1.165, 1.54) is 0 Å². The van der Waals surface area contributed by atoms with Gasteiger partial charge >= 0.3 is 0 Å². The van der Waals surface area contributed by atoms with Crippen molar-refractivity contribution in [3.8, 4) is 0 Å². The summed E-state index contributed by atoms with van der Waals surface area (Å²) in [4.78, 5) is 22.4. The molecular formula is C11H13BrN4O. The Morgan fingerprint density at radius 3 is 2.94 bits per heavy atom. The van der Waals surface area contributed by atoms with Crippen LogP contribution in [-0.4, -0.2) is 35.0 Å². The normalized spacial score (nSPS) is 27.8. The predicted octanol–water partition coefficient (Wildman–Crippen LogP) is 0.954. The van der Waals surface area contributed by atoms with Crippen LogP contribution in [0.1, 0.15) is 12.8 Å². The Kier molecular flexibility index (Phi) is 2.74. The third-order valence-electron chi connectivity index (χ3n) is 3.46. The highest BCUT2D eigenvalue weighted by Gasteiger charge is 2.41. The highest BCUT2D eigenvalue weighted by Crippen LogP contribution is 2.29. The Morgan fingerprint density at radius 2 is 2.18 bits per heavy atom. The van der Waals surface area contributed by atoms with Gasteiger partial charge in [-0.05, 0) is 28.8 Å². The van der Waals surface area contributed by atoms with Crippen LogP contribution in [0.3, 0.4) is 0 Å². The quantitative estimate of drug-likeness (QED) is 0.838. The molecule has 2 fully saturated rings. The maximum absolute atomic E-state index is 11.7. The summed E-state index contributed by atoms with van der Waals surface area (Å²) in [6.45, 7) is 1.64. The molecule has 1 amide bonds. The lowest BCUT2D eigenvalue weighted by Crippen LogP contribution is -2.46. The van der Waals surface area contributed by atoms with Crippen LogP contribution in [0.5, 0.6) is 0 Å². The van der Waals surface area contributed by atoms with Crippen LogP contribution in [0, 0.1) is 5.92 Å². The molecule has 0 saturated carbocycles. The van der Waals surface area contributed by atoms with Gasteiger partial charge < -0.3 is 10.2 Å². The van der Waals surface area contributed by atoms with Gasteiger partial charge in [0.15, 0.2) is 0 Å². The van der Waals surface area contributed by atoms with Crippen LogP contribution in [0.2, 0.25) is 0 Å². The number of anilines is 1. The second kappa shape index (κ2) is 4.25. The van der Waals surface area contributed by atoms with Crippen LogP contribution in [0.4, 0.5) is 5.95 Å². The van der Waals surface area contributed by atoms with E-state index < -0.39 is 0 Å². The van der Waals surface area contributed by atoms with Crippen molar-refractivity contribution in [1.82, 2.24) is 15.3 Å². The van der Waals surface area contributed by atoms with Gasteiger partial charge in [-0.25, -0.2) is 9.97 Å². The molecular weight excluding hydrogens is 284 g/mol. The lowest BCUT2D eigenvalue weighted by Gasteiger charge is -2.35. The lowest BCUT2D eigenvalue weighted by atomic mass is 9.92. The standard InChI is InChI=1S/C11H13BrN4O/c12-7-4-14-11(15-5-7)16-3-1-2-8-9(16)6-13-10(8)17/h4-5,8-9H,1-3,6H2,(H,13,17). The van der Waals surface area contributed by atoms with E-state index >= 15 is 0 Å². The minimum absolute atomic E-state index is 0.107. The van der Waals surface area contributed by atoms with Crippen molar-refractivity contribution in [2.24, 2.45) is 5.92 Å². The molecule has 0 aliphatic carbocycles. The fourth-order valence-electron chi connectivity index (χ4n) is 2.65. The number of halogens is 1. The highest BCUT2D eigenvalue weighted by molar-refractivity contribution is 9.10. The average Bonchev–Trinajstić information content (AvgIpc) is 2.73. The van der Waals surface area contributed by atoms with E-state index in [-0.39, 0.29) is 17.9 Å². The zero-order valence-corrected chi connectivity index (χ0v) is 10.9. The molecule has 1 aromatic rings. The van der Waals surface area contributed by atoms with E-state index in [4.69, 9.17) is 0 Å². The number of nitrogens with one attached hydrogen (secondary N) is 1. The van der Waals surface area contributed by atoms with Crippen molar-refractivity contribution >= 4 is 27.8 Å². The van der Waals surface area contributed by atoms with E-state index in [2.05, 4.69) is 36.1 Å². The molecule has 3 heterocycles. The van der Waals surface area contributed by atoms with Crippen molar-refractivity contribution in [2.75, 3.05) is 18.0 Å². The van der Waals surface area contributed by atoms with Gasteiger partial charge in [-0.3, -0.25) is 4.79 Å². The number of hydrogen-bond donors (Lipinski definition) is 1. The molecule has 90 valence electrons. The van der Waals surface area contributed by atoms with Crippen molar-refractivity contribution in [2.45, 2.75) is 18.9 Å². The van der Waals surface area contributed by atoms with Gasteiger partial charge in [0.1, 0.15) is 0 Å². The molecule has 3 rings (SSSR count). The molecule has 0 aromatic carbocycles. The highest BCUT2D eigenvalue weighted by atomic mass is 79.9. The summed E-state index contributed by atoms with van der Waals surface area (Å²) >= 11 is 3.33. The summed E-state index contributed by atoms with van der Waals surface area (Å²) in [7, 11) is 0. The first-order valence-corrected chi connectivity index (χ1v) is 6.57. The van der Waals surface area contributed by atoms with Crippen molar-refractivity contribution in [3.63, 3.8) is 0 Å². The monoisotopic (exact) mass is 296 g/mol. The molecule has 2 atom stereocenters. The lowest BCUT2D eigenvalue weighted by molar-refractivity contribution is -0.123. The number of carbonyl (C=O) groups excluding carboxylic acids is 1. The number of fused-ring (bicyclic) bond motifs is 1. The Hall–Kier alpha value is -1.17. The minimum atomic E-state index is 0.107. The smallest absolute Gasteiger partial charge is 0.225 e. The Balaban J connectivity index is 1.87. The number of amides is 1. The Bertz CT molecular complexity index is 436. The molecule has 2 saturated heterocycles. The van der Waals surface area contributed by atoms with Gasteiger partial charge in [0, 0.05) is 25.5 Å². The van der Waals surface area contributed by atoms with Crippen LogP contribution < -0.4 is 10.2 Å².